The number of aryl methyl sites for hydroxylation is 1. The van der Waals surface area contributed by atoms with E-state index in [-0.39, 0.29) is 5.69 Å². The molecule has 0 bridgehead atoms. The summed E-state index contributed by atoms with van der Waals surface area (Å²) >= 11 is 0. The molecule has 2 aromatic carbocycles. The van der Waals surface area contributed by atoms with Gasteiger partial charge in [0.1, 0.15) is 30.5 Å². The molecule has 0 aliphatic carbocycles. The molecule has 1 aromatic heterocycles. The van der Waals surface area contributed by atoms with Crippen molar-refractivity contribution in [1.29, 1.82) is 0 Å². The maximum Gasteiger partial charge on any atom is 0.326 e. The van der Waals surface area contributed by atoms with Gasteiger partial charge in [0, 0.05) is 0 Å². The molecular weight excluding hydrogens is 388 g/mol. The Balaban J connectivity index is 1.69. The highest BCUT2D eigenvalue weighted by atomic mass is 16.5. The summed E-state index contributed by atoms with van der Waals surface area (Å²) in [5, 5.41) is 39.9. The zero-order valence-electron chi connectivity index (χ0n) is 16.6. The zero-order valence-corrected chi connectivity index (χ0v) is 16.6. The van der Waals surface area contributed by atoms with Gasteiger partial charge < -0.3 is 30.1 Å². The van der Waals surface area contributed by atoms with Crippen molar-refractivity contribution in [1.82, 2.24) is 9.55 Å². The van der Waals surface area contributed by atoms with Gasteiger partial charge in [-0.05, 0) is 35.2 Å². The van der Waals surface area contributed by atoms with E-state index in [0.29, 0.717) is 23.1 Å². The van der Waals surface area contributed by atoms with Gasteiger partial charge in [0.05, 0.1) is 24.2 Å². The molecule has 5 N–H and O–H groups in total. The maximum absolute atomic E-state index is 12.5. The number of fused-ring (bicyclic) bond motifs is 1. The summed E-state index contributed by atoms with van der Waals surface area (Å²) in [5.74, 6) is 0. The van der Waals surface area contributed by atoms with Gasteiger partial charge >= 0.3 is 5.69 Å². The summed E-state index contributed by atoms with van der Waals surface area (Å²) in [7, 11) is 0. The lowest BCUT2D eigenvalue weighted by molar-refractivity contribution is -0.231. The second-order valence-electron chi connectivity index (χ2n) is 7.71. The number of imidazole rings is 1. The molecule has 0 spiro atoms. The highest BCUT2D eigenvalue weighted by Crippen LogP contribution is 2.33. The summed E-state index contributed by atoms with van der Waals surface area (Å²) in [4.78, 5) is 15.4. The molecule has 1 aliphatic rings. The van der Waals surface area contributed by atoms with E-state index in [0.717, 1.165) is 12.0 Å². The number of aromatic nitrogens is 2. The number of hydrogen-bond acceptors (Lipinski definition) is 6. The van der Waals surface area contributed by atoms with E-state index in [1.54, 1.807) is 22.8 Å². The average Bonchev–Trinajstić information content (AvgIpc) is 3.07. The van der Waals surface area contributed by atoms with Crippen molar-refractivity contribution in [3.05, 3.63) is 69.6 Å². The van der Waals surface area contributed by atoms with E-state index in [4.69, 9.17) is 4.74 Å². The van der Waals surface area contributed by atoms with Crippen LogP contribution in [-0.4, -0.2) is 61.0 Å². The molecule has 8 nitrogen and oxygen atoms in total. The second-order valence-corrected chi connectivity index (χ2v) is 7.71. The first-order valence-electron chi connectivity index (χ1n) is 10.0. The van der Waals surface area contributed by atoms with E-state index in [1.165, 1.54) is 5.56 Å². The Morgan fingerprint density at radius 1 is 1.00 bits per heavy atom. The number of nitrogens with one attached hydrogen (secondary N) is 1. The van der Waals surface area contributed by atoms with Gasteiger partial charge in [-0.15, -0.1) is 0 Å². The number of rotatable bonds is 5. The average molecular weight is 414 g/mol. The largest absolute Gasteiger partial charge is 0.394 e. The highest BCUT2D eigenvalue weighted by molar-refractivity contribution is 5.76. The van der Waals surface area contributed by atoms with Crippen LogP contribution >= 0.6 is 0 Å². The Bertz CT molecular complexity index is 1070. The molecule has 1 fully saturated rings. The fraction of sp³-hybridized carbons (Fsp3) is 0.409. The van der Waals surface area contributed by atoms with E-state index < -0.39 is 37.1 Å². The van der Waals surface area contributed by atoms with Crippen LogP contribution in [0.1, 0.15) is 29.7 Å². The van der Waals surface area contributed by atoms with Crippen molar-refractivity contribution < 1.29 is 25.2 Å². The minimum Gasteiger partial charge on any atom is -0.394 e. The monoisotopic (exact) mass is 414 g/mol. The van der Waals surface area contributed by atoms with Crippen molar-refractivity contribution in [2.24, 2.45) is 0 Å². The summed E-state index contributed by atoms with van der Waals surface area (Å²) in [5.41, 5.74) is 3.75. The number of aromatic amines is 1. The Kier molecular flexibility index (Phi) is 5.77. The summed E-state index contributed by atoms with van der Waals surface area (Å²) in [6.07, 6.45) is -5.25. The number of hydrogen-bond donors (Lipinski definition) is 5. The lowest BCUT2D eigenvalue weighted by atomic mass is 9.91. The number of benzene rings is 2. The van der Waals surface area contributed by atoms with Crippen LogP contribution in [0.3, 0.4) is 0 Å². The van der Waals surface area contributed by atoms with E-state index in [2.05, 4.69) is 11.9 Å². The van der Waals surface area contributed by atoms with Crippen LogP contribution in [0.4, 0.5) is 0 Å². The molecular formula is C22H26N2O6. The Hall–Kier alpha value is -2.49. The molecule has 5 atom stereocenters. The van der Waals surface area contributed by atoms with E-state index in [1.807, 2.05) is 24.3 Å². The van der Waals surface area contributed by atoms with Crippen LogP contribution in [0.2, 0.25) is 0 Å². The first-order valence-corrected chi connectivity index (χ1v) is 10.0. The molecule has 160 valence electrons. The van der Waals surface area contributed by atoms with Crippen LogP contribution in [0.5, 0.6) is 0 Å². The van der Waals surface area contributed by atoms with Gasteiger partial charge in [0.15, 0.2) is 0 Å². The lowest BCUT2D eigenvalue weighted by Crippen LogP contribution is -2.55. The molecule has 0 saturated carbocycles. The van der Waals surface area contributed by atoms with Gasteiger partial charge in [-0.3, -0.25) is 4.57 Å². The summed E-state index contributed by atoms with van der Waals surface area (Å²) in [6.45, 7) is 1.97. The quantitative estimate of drug-likeness (QED) is 0.413. The fourth-order valence-electron chi connectivity index (χ4n) is 3.94. The van der Waals surface area contributed by atoms with Crippen molar-refractivity contribution in [3.63, 3.8) is 0 Å². The zero-order chi connectivity index (χ0) is 21.4. The van der Waals surface area contributed by atoms with Gasteiger partial charge in [-0.25, -0.2) is 4.79 Å². The van der Waals surface area contributed by atoms with Crippen LogP contribution in [0, 0.1) is 0 Å². The Labute approximate surface area is 173 Å². The Morgan fingerprint density at radius 2 is 1.70 bits per heavy atom. The van der Waals surface area contributed by atoms with Crippen LogP contribution in [0.15, 0.2) is 47.3 Å². The first-order chi connectivity index (χ1) is 14.4. The molecule has 1 aliphatic heterocycles. The standard InChI is InChI=1S/C22H26N2O6/c1-2-12-3-5-13(6-4-12)10-24-16-9-14(7-8-15(16)23-22(24)29)21-20(28)19(27)18(26)17(11-25)30-21/h3-9,17-21,25-28H,2,10-11H2,1H3,(H,23,29)/t17-,18-,19+,20-,21+/m1/s1. The van der Waals surface area contributed by atoms with E-state index in [9.17, 15) is 25.2 Å². The van der Waals surface area contributed by atoms with Crippen molar-refractivity contribution in [2.45, 2.75) is 50.4 Å². The van der Waals surface area contributed by atoms with Gasteiger partial charge in [0.2, 0.25) is 0 Å². The highest BCUT2D eigenvalue weighted by Gasteiger charge is 2.44. The van der Waals surface area contributed by atoms with Crippen molar-refractivity contribution >= 4 is 11.0 Å². The summed E-state index contributed by atoms with van der Waals surface area (Å²) in [6, 6.07) is 13.2. The smallest absolute Gasteiger partial charge is 0.326 e. The fourth-order valence-corrected chi connectivity index (χ4v) is 3.94. The van der Waals surface area contributed by atoms with Gasteiger partial charge in [0.25, 0.3) is 0 Å². The normalized spacial score (nSPS) is 26.9. The second kappa shape index (κ2) is 8.33. The topological polar surface area (TPSA) is 128 Å². The molecule has 1 saturated heterocycles. The summed E-state index contributed by atoms with van der Waals surface area (Å²) < 4.78 is 7.25. The molecule has 30 heavy (non-hydrogen) atoms. The number of aliphatic hydroxyl groups is 4. The van der Waals surface area contributed by atoms with Gasteiger partial charge in [-0.1, -0.05) is 37.3 Å². The minimum atomic E-state index is -1.46. The predicted molar refractivity (Wildman–Crippen MR) is 110 cm³/mol. The number of nitrogens with zero attached hydrogens (tertiary/aromatic N) is 1. The number of aliphatic hydroxyl groups excluding tert-OH is 4. The Morgan fingerprint density at radius 3 is 2.37 bits per heavy atom. The van der Waals surface area contributed by atoms with Gasteiger partial charge in [-0.2, -0.15) is 0 Å². The number of H-pyrrole nitrogens is 1. The van der Waals surface area contributed by atoms with E-state index >= 15 is 0 Å². The molecule has 3 aromatic rings. The predicted octanol–water partition coefficient (Wildman–Crippen LogP) is 0.455. The third-order valence-electron chi connectivity index (χ3n) is 5.79. The van der Waals surface area contributed by atoms with Crippen molar-refractivity contribution in [2.75, 3.05) is 6.61 Å². The third-order valence-corrected chi connectivity index (χ3v) is 5.79. The maximum atomic E-state index is 12.5. The van der Waals surface area contributed by atoms with Crippen LogP contribution in [0.25, 0.3) is 11.0 Å². The molecule has 0 radical (unpaired) electrons. The minimum absolute atomic E-state index is 0.254. The molecule has 8 heteroatoms. The van der Waals surface area contributed by atoms with Crippen LogP contribution < -0.4 is 5.69 Å². The molecule has 0 amide bonds. The lowest BCUT2D eigenvalue weighted by Gasteiger charge is -2.40. The molecule has 0 unspecified atom stereocenters. The van der Waals surface area contributed by atoms with Crippen molar-refractivity contribution in [3.8, 4) is 0 Å². The third kappa shape index (κ3) is 3.68. The number of ether oxygens (including phenoxy) is 1. The van der Waals surface area contributed by atoms with Crippen LogP contribution in [-0.2, 0) is 17.7 Å². The first kappa shape index (κ1) is 20.8. The molecule has 4 rings (SSSR count). The molecule has 2 heterocycles. The SMILES string of the molecule is CCc1ccc(Cn2c(=O)[nH]c3ccc([C@@H]4O[C@H](CO)[C@@H](O)[C@H](O)[C@H]4O)cc32)cc1.